The van der Waals surface area contributed by atoms with Gasteiger partial charge in [0, 0.05) is 30.8 Å². The van der Waals surface area contributed by atoms with Crippen molar-refractivity contribution in [2.45, 2.75) is 31.6 Å². The van der Waals surface area contributed by atoms with Crippen molar-refractivity contribution in [1.82, 2.24) is 4.31 Å². The average molecular weight is 404 g/mol. The van der Waals surface area contributed by atoms with Gasteiger partial charge in [-0.2, -0.15) is 4.31 Å². The van der Waals surface area contributed by atoms with Gasteiger partial charge in [0.15, 0.2) is 0 Å². The fourth-order valence-electron chi connectivity index (χ4n) is 2.25. The topological polar surface area (TPSA) is 83.9 Å². The molecule has 1 atom stereocenters. The zero-order valence-electron chi connectivity index (χ0n) is 15.1. The van der Waals surface area contributed by atoms with Gasteiger partial charge >= 0.3 is 5.97 Å². The number of aliphatic hydroxyl groups excluding tert-OH is 1. The largest absolute Gasteiger partial charge is 0.463 e. The van der Waals surface area contributed by atoms with Gasteiger partial charge in [0.1, 0.15) is 0 Å². The first-order valence-electron chi connectivity index (χ1n) is 8.51. The maximum Gasteiger partial charge on any atom is 0.330 e. The normalized spacial score (nSPS) is 13.3. The van der Waals surface area contributed by atoms with Crippen LogP contribution < -0.4 is 0 Å². The standard InChI is InChI=1S/C18H26ClNO5S/c1-3-25-18(22)5-4-12-20(13-10-15(2)11-14-21)26(23,24)17-8-6-16(19)7-9-17/h4-9,15,21H,3,10-14H2,1-2H3/t15-/m1/s1. The summed E-state index contributed by atoms with van der Waals surface area (Å²) in [7, 11) is -3.73. The molecule has 8 heteroatoms. The van der Waals surface area contributed by atoms with Gasteiger partial charge in [-0.15, -0.1) is 0 Å². The second kappa shape index (κ2) is 11.3. The van der Waals surface area contributed by atoms with Crippen LogP contribution in [-0.4, -0.2) is 50.1 Å². The Kier molecular flexibility index (Phi) is 9.87. The van der Waals surface area contributed by atoms with Crippen LogP contribution in [-0.2, 0) is 19.6 Å². The van der Waals surface area contributed by atoms with Crippen LogP contribution in [0.25, 0.3) is 0 Å². The summed E-state index contributed by atoms with van der Waals surface area (Å²) >= 11 is 5.83. The molecule has 0 aromatic heterocycles. The number of esters is 1. The van der Waals surface area contributed by atoms with Crippen molar-refractivity contribution in [3.05, 3.63) is 41.4 Å². The predicted octanol–water partition coefficient (Wildman–Crippen LogP) is 2.86. The Morgan fingerprint density at radius 2 is 1.96 bits per heavy atom. The van der Waals surface area contributed by atoms with E-state index in [0.29, 0.717) is 17.9 Å². The Labute approximate surface area is 160 Å². The molecule has 0 aliphatic rings. The lowest BCUT2D eigenvalue weighted by Crippen LogP contribution is -2.33. The molecule has 0 bridgehead atoms. The van der Waals surface area contributed by atoms with Crippen LogP contribution in [0.5, 0.6) is 0 Å². The number of sulfonamides is 1. The fourth-order valence-corrected chi connectivity index (χ4v) is 3.78. The van der Waals surface area contributed by atoms with Gasteiger partial charge in [-0.05, 0) is 49.9 Å². The van der Waals surface area contributed by atoms with E-state index in [1.54, 1.807) is 6.92 Å². The Morgan fingerprint density at radius 1 is 1.31 bits per heavy atom. The molecule has 1 aromatic carbocycles. The molecule has 0 aliphatic heterocycles. The zero-order chi connectivity index (χ0) is 19.6. The van der Waals surface area contributed by atoms with Crippen LogP contribution in [0.2, 0.25) is 5.02 Å². The Balaban J connectivity index is 2.94. The second-order valence-corrected chi connectivity index (χ2v) is 8.25. The third kappa shape index (κ3) is 7.45. The van der Waals surface area contributed by atoms with E-state index in [2.05, 4.69) is 0 Å². The highest BCUT2D eigenvalue weighted by Crippen LogP contribution is 2.20. The lowest BCUT2D eigenvalue weighted by atomic mass is 10.1. The number of benzene rings is 1. The van der Waals surface area contributed by atoms with Crippen molar-refractivity contribution in [3.63, 3.8) is 0 Å². The number of aliphatic hydroxyl groups is 1. The molecule has 0 aliphatic carbocycles. The SMILES string of the molecule is CCOC(=O)C=CCN(CC[C@@H](C)CCO)S(=O)(=O)c1ccc(Cl)cc1. The summed E-state index contributed by atoms with van der Waals surface area (Å²) in [4.78, 5) is 11.6. The molecule has 0 radical (unpaired) electrons. The number of nitrogens with zero attached hydrogens (tertiary/aromatic N) is 1. The van der Waals surface area contributed by atoms with Gasteiger partial charge in [-0.25, -0.2) is 13.2 Å². The first kappa shape index (κ1) is 22.6. The monoisotopic (exact) mass is 403 g/mol. The van der Waals surface area contributed by atoms with E-state index in [1.807, 2.05) is 6.92 Å². The number of hydrogen-bond acceptors (Lipinski definition) is 5. The molecule has 0 spiro atoms. The summed E-state index contributed by atoms with van der Waals surface area (Å²) < 4.78 is 31.9. The summed E-state index contributed by atoms with van der Waals surface area (Å²) in [5.41, 5.74) is 0. The average Bonchev–Trinajstić information content (AvgIpc) is 2.58. The van der Waals surface area contributed by atoms with Crippen molar-refractivity contribution >= 4 is 27.6 Å². The van der Waals surface area contributed by atoms with E-state index < -0.39 is 16.0 Å². The van der Waals surface area contributed by atoms with Crippen LogP contribution in [0.1, 0.15) is 26.7 Å². The second-order valence-electron chi connectivity index (χ2n) is 5.88. The lowest BCUT2D eigenvalue weighted by molar-refractivity contribution is -0.137. The van der Waals surface area contributed by atoms with Crippen LogP contribution in [0.4, 0.5) is 0 Å². The van der Waals surface area contributed by atoms with Gasteiger partial charge in [0.25, 0.3) is 0 Å². The number of halogens is 1. The Hall–Kier alpha value is -1.41. The Morgan fingerprint density at radius 3 is 2.54 bits per heavy atom. The molecule has 0 heterocycles. The minimum Gasteiger partial charge on any atom is -0.463 e. The molecular weight excluding hydrogens is 378 g/mol. The van der Waals surface area contributed by atoms with E-state index in [9.17, 15) is 13.2 Å². The highest BCUT2D eigenvalue weighted by molar-refractivity contribution is 7.89. The van der Waals surface area contributed by atoms with Crippen LogP contribution in [0.3, 0.4) is 0 Å². The van der Waals surface area contributed by atoms with Gasteiger partial charge in [0.2, 0.25) is 10.0 Å². The highest BCUT2D eigenvalue weighted by atomic mass is 35.5. The minimum absolute atomic E-state index is 0.0512. The molecule has 0 saturated heterocycles. The van der Waals surface area contributed by atoms with Gasteiger partial charge in [-0.1, -0.05) is 24.6 Å². The maximum absolute atomic E-state index is 12.9. The van der Waals surface area contributed by atoms with Gasteiger partial charge in [0.05, 0.1) is 11.5 Å². The quantitative estimate of drug-likeness (QED) is 0.453. The maximum atomic E-state index is 12.9. The Bertz CT molecular complexity index is 688. The molecular formula is C18H26ClNO5S. The van der Waals surface area contributed by atoms with Gasteiger partial charge < -0.3 is 9.84 Å². The molecule has 146 valence electrons. The summed E-state index contributed by atoms with van der Waals surface area (Å²) in [6.07, 6.45) is 3.90. The molecule has 0 fully saturated rings. The van der Waals surface area contributed by atoms with Gasteiger partial charge in [-0.3, -0.25) is 0 Å². The third-order valence-corrected chi connectivity index (χ3v) is 5.93. The summed E-state index contributed by atoms with van der Waals surface area (Å²) in [5, 5.41) is 9.46. The summed E-state index contributed by atoms with van der Waals surface area (Å²) in [5.74, 6) is -0.332. The zero-order valence-corrected chi connectivity index (χ0v) is 16.7. The fraction of sp³-hybridized carbons (Fsp3) is 0.500. The molecule has 26 heavy (non-hydrogen) atoms. The molecule has 1 aromatic rings. The molecule has 0 saturated carbocycles. The van der Waals surface area contributed by atoms with E-state index >= 15 is 0 Å². The molecule has 6 nitrogen and oxygen atoms in total. The van der Waals surface area contributed by atoms with E-state index in [1.165, 1.54) is 40.7 Å². The number of carbonyl (C=O) groups excluding carboxylic acids is 1. The predicted molar refractivity (Wildman–Crippen MR) is 101 cm³/mol. The van der Waals surface area contributed by atoms with Crippen LogP contribution >= 0.6 is 11.6 Å². The number of carbonyl (C=O) groups is 1. The van der Waals surface area contributed by atoms with Crippen molar-refractivity contribution in [2.24, 2.45) is 5.92 Å². The van der Waals surface area contributed by atoms with Crippen LogP contribution in [0.15, 0.2) is 41.3 Å². The summed E-state index contributed by atoms with van der Waals surface area (Å²) in [6, 6.07) is 5.96. The first-order valence-corrected chi connectivity index (χ1v) is 10.3. The number of hydrogen-bond donors (Lipinski definition) is 1. The summed E-state index contributed by atoms with van der Waals surface area (Å²) in [6.45, 7) is 4.31. The molecule has 0 amide bonds. The first-order chi connectivity index (χ1) is 12.3. The molecule has 0 unspecified atom stereocenters. The van der Waals surface area contributed by atoms with Crippen molar-refractivity contribution in [3.8, 4) is 0 Å². The van der Waals surface area contributed by atoms with E-state index in [-0.39, 0.29) is 37.1 Å². The lowest BCUT2D eigenvalue weighted by Gasteiger charge is -2.22. The van der Waals surface area contributed by atoms with E-state index in [4.69, 9.17) is 21.4 Å². The smallest absolute Gasteiger partial charge is 0.330 e. The molecule has 1 N–H and O–H groups in total. The highest BCUT2D eigenvalue weighted by Gasteiger charge is 2.24. The minimum atomic E-state index is -3.73. The van der Waals surface area contributed by atoms with Crippen LogP contribution in [0, 0.1) is 5.92 Å². The van der Waals surface area contributed by atoms with E-state index in [0.717, 1.165) is 0 Å². The van der Waals surface area contributed by atoms with Crippen molar-refractivity contribution in [2.75, 3.05) is 26.3 Å². The van der Waals surface area contributed by atoms with Crippen molar-refractivity contribution < 1.29 is 23.1 Å². The number of ether oxygens (including phenoxy) is 1. The molecule has 1 rings (SSSR count). The third-order valence-electron chi connectivity index (χ3n) is 3.79. The van der Waals surface area contributed by atoms with Crippen molar-refractivity contribution in [1.29, 1.82) is 0 Å². The number of rotatable bonds is 11.